The van der Waals surface area contributed by atoms with E-state index >= 15 is 0 Å². The molecule has 5 heteroatoms. The third-order valence-electron chi connectivity index (χ3n) is 4.34. The second kappa shape index (κ2) is 7.38. The number of hydrogen-bond acceptors (Lipinski definition) is 4. The third kappa shape index (κ3) is 3.36. The molecule has 0 spiro atoms. The third-order valence-corrected chi connectivity index (χ3v) is 4.34. The Balaban J connectivity index is 1.99. The summed E-state index contributed by atoms with van der Waals surface area (Å²) in [5.74, 6) is 0.448. The van der Waals surface area contributed by atoms with Crippen molar-refractivity contribution in [2.24, 2.45) is 5.10 Å². The summed E-state index contributed by atoms with van der Waals surface area (Å²) in [6.07, 6.45) is 1.77. The van der Waals surface area contributed by atoms with Crippen molar-refractivity contribution in [3.8, 4) is 11.5 Å². The number of hydrazone groups is 1. The molecule has 130 valence electrons. The molecular formula is C20H22N2O3. The lowest BCUT2D eigenvalue weighted by Crippen LogP contribution is -2.26. The molecule has 0 radical (unpaired) electrons. The molecule has 1 atom stereocenters. The second-order valence-corrected chi connectivity index (χ2v) is 6.02. The summed E-state index contributed by atoms with van der Waals surface area (Å²) in [5.41, 5.74) is 2.33. The van der Waals surface area contributed by atoms with Gasteiger partial charge < -0.3 is 9.84 Å². The molecule has 2 aromatic rings. The van der Waals surface area contributed by atoms with Crippen LogP contribution in [0.1, 0.15) is 43.4 Å². The number of nitrogens with zero attached hydrogens (tertiary/aromatic N) is 2. The molecule has 2 aromatic carbocycles. The molecule has 0 aliphatic carbocycles. The van der Waals surface area contributed by atoms with Gasteiger partial charge in [0.15, 0.2) is 11.5 Å². The van der Waals surface area contributed by atoms with Gasteiger partial charge in [-0.05, 0) is 24.1 Å². The fourth-order valence-electron chi connectivity index (χ4n) is 3.09. The number of hydrogen-bond donors (Lipinski definition) is 1. The number of benzene rings is 2. The van der Waals surface area contributed by atoms with Crippen LogP contribution in [0, 0.1) is 0 Å². The van der Waals surface area contributed by atoms with Crippen LogP contribution in [0.15, 0.2) is 53.6 Å². The number of amides is 1. The minimum absolute atomic E-state index is 0.00580. The van der Waals surface area contributed by atoms with E-state index in [1.165, 1.54) is 7.11 Å². The first-order chi connectivity index (χ1) is 12.2. The Hall–Kier alpha value is -2.82. The van der Waals surface area contributed by atoms with Gasteiger partial charge in [0.1, 0.15) is 0 Å². The van der Waals surface area contributed by atoms with E-state index in [1.807, 2.05) is 43.3 Å². The monoisotopic (exact) mass is 338 g/mol. The predicted molar refractivity (Wildman–Crippen MR) is 96.7 cm³/mol. The zero-order valence-corrected chi connectivity index (χ0v) is 14.5. The zero-order valence-electron chi connectivity index (χ0n) is 14.5. The maximum Gasteiger partial charge on any atom is 0.243 e. The van der Waals surface area contributed by atoms with Crippen LogP contribution in [0.2, 0.25) is 0 Å². The number of carbonyl (C=O) groups excluding carboxylic acids is 1. The van der Waals surface area contributed by atoms with Crippen LogP contribution in [0.3, 0.4) is 0 Å². The van der Waals surface area contributed by atoms with E-state index in [2.05, 4.69) is 5.10 Å². The SMILES string of the molecule is CCCC(=O)N1N=C(c2cccc(OC)c2O)C[C@@H]1c1ccccc1. The van der Waals surface area contributed by atoms with Gasteiger partial charge in [-0.1, -0.05) is 43.3 Å². The first kappa shape index (κ1) is 17.0. The standard InChI is InChI=1S/C20H22N2O3/c1-3-8-19(23)22-17(14-9-5-4-6-10-14)13-16(21-22)15-11-7-12-18(25-2)20(15)24/h4-7,9-12,17,24H,3,8,13H2,1-2H3/t17-/m1/s1. The first-order valence-corrected chi connectivity index (χ1v) is 8.46. The van der Waals surface area contributed by atoms with E-state index in [-0.39, 0.29) is 17.7 Å². The first-order valence-electron chi connectivity index (χ1n) is 8.46. The molecule has 0 bridgehead atoms. The summed E-state index contributed by atoms with van der Waals surface area (Å²) in [6.45, 7) is 1.98. The Morgan fingerprint density at radius 3 is 2.68 bits per heavy atom. The van der Waals surface area contributed by atoms with E-state index in [0.29, 0.717) is 29.9 Å². The van der Waals surface area contributed by atoms with Crippen molar-refractivity contribution in [2.45, 2.75) is 32.2 Å². The van der Waals surface area contributed by atoms with Gasteiger partial charge in [0.25, 0.3) is 0 Å². The van der Waals surface area contributed by atoms with Gasteiger partial charge in [0, 0.05) is 18.4 Å². The van der Waals surface area contributed by atoms with Gasteiger partial charge in [-0.15, -0.1) is 0 Å². The van der Waals surface area contributed by atoms with Crippen molar-refractivity contribution in [3.05, 3.63) is 59.7 Å². The Morgan fingerprint density at radius 1 is 1.24 bits per heavy atom. The van der Waals surface area contributed by atoms with E-state index in [0.717, 1.165) is 12.0 Å². The highest BCUT2D eigenvalue weighted by Gasteiger charge is 2.33. The fraction of sp³-hybridized carbons (Fsp3) is 0.300. The highest BCUT2D eigenvalue weighted by atomic mass is 16.5. The number of aromatic hydroxyl groups is 1. The molecule has 0 aromatic heterocycles. The Kier molecular flexibility index (Phi) is 5.03. The zero-order chi connectivity index (χ0) is 17.8. The van der Waals surface area contributed by atoms with Crippen LogP contribution in [-0.2, 0) is 4.79 Å². The Labute approximate surface area is 147 Å². The molecule has 0 saturated heterocycles. The van der Waals surface area contributed by atoms with Crippen LogP contribution < -0.4 is 4.74 Å². The highest BCUT2D eigenvalue weighted by molar-refractivity contribution is 6.05. The molecule has 0 saturated carbocycles. The summed E-state index contributed by atoms with van der Waals surface area (Å²) < 4.78 is 5.18. The number of ether oxygens (including phenoxy) is 1. The topological polar surface area (TPSA) is 62.1 Å². The van der Waals surface area contributed by atoms with Crippen LogP contribution in [0.5, 0.6) is 11.5 Å². The smallest absolute Gasteiger partial charge is 0.243 e. The molecule has 1 N–H and O–H groups in total. The van der Waals surface area contributed by atoms with Gasteiger partial charge in [0.05, 0.1) is 18.9 Å². The van der Waals surface area contributed by atoms with E-state index < -0.39 is 0 Å². The van der Waals surface area contributed by atoms with Crippen molar-refractivity contribution < 1.29 is 14.6 Å². The van der Waals surface area contributed by atoms with E-state index in [4.69, 9.17) is 4.74 Å². The number of methoxy groups -OCH3 is 1. The van der Waals surface area contributed by atoms with Crippen LogP contribution in [-0.4, -0.2) is 28.8 Å². The van der Waals surface area contributed by atoms with E-state index in [9.17, 15) is 9.90 Å². The van der Waals surface area contributed by atoms with Gasteiger partial charge >= 0.3 is 0 Å². The number of phenols is 1. The maximum absolute atomic E-state index is 12.5. The highest BCUT2D eigenvalue weighted by Crippen LogP contribution is 2.37. The summed E-state index contributed by atoms with van der Waals surface area (Å²) in [6, 6.07) is 15.0. The molecule has 1 heterocycles. The second-order valence-electron chi connectivity index (χ2n) is 6.02. The maximum atomic E-state index is 12.5. The summed E-state index contributed by atoms with van der Waals surface area (Å²) in [5, 5.41) is 16.5. The minimum Gasteiger partial charge on any atom is -0.504 e. The van der Waals surface area contributed by atoms with Gasteiger partial charge in [0.2, 0.25) is 5.91 Å². The summed E-state index contributed by atoms with van der Waals surface area (Å²) in [4.78, 5) is 12.5. The van der Waals surface area contributed by atoms with Crippen molar-refractivity contribution in [1.82, 2.24) is 5.01 Å². The molecular weight excluding hydrogens is 316 g/mol. The molecule has 1 aliphatic rings. The molecule has 3 rings (SSSR count). The lowest BCUT2D eigenvalue weighted by molar-refractivity contribution is -0.133. The molecule has 0 fully saturated rings. The van der Waals surface area contributed by atoms with Crippen molar-refractivity contribution in [1.29, 1.82) is 0 Å². The number of phenolic OH excluding ortho intramolecular Hbond substituents is 1. The van der Waals surface area contributed by atoms with E-state index in [1.54, 1.807) is 17.1 Å². The average molecular weight is 338 g/mol. The van der Waals surface area contributed by atoms with Crippen LogP contribution in [0.25, 0.3) is 0 Å². The fourth-order valence-corrected chi connectivity index (χ4v) is 3.09. The molecule has 25 heavy (non-hydrogen) atoms. The predicted octanol–water partition coefficient (Wildman–Crippen LogP) is 3.88. The molecule has 0 unspecified atom stereocenters. The average Bonchev–Trinajstić information content (AvgIpc) is 3.08. The van der Waals surface area contributed by atoms with Crippen molar-refractivity contribution >= 4 is 11.6 Å². The quantitative estimate of drug-likeness (QED) is 0.900. The van der Waals surface area contributed by atoms with Gasteiger partial charge in [-0.3, -0.25) is 4.79 Å². The largest absolute Gasteiger partial charge is 0.504 e. The number of para-hydroxylation sites is 1. The summed E-state index contributed by atoms with van der Waals surface area (Å²) >= 11 is 0. The number of rotatable bonds is 5. The summed E-state index contributed by atoms with van der Waals surface area (Å²) in [7, 11) is 1.51. The lowest BCUT2D eigenvalue weighted by Gasteiger charge is -2.21. The Bertz CT molecular complexity index is 787. The molecule has 1 amide bonds. The van der Waals surface area contributed by atoms with Crippen LogP contribution in [0.4, 0.5) is 0 Å². The van der Waals surface area contributed by atoms with Gasteiger partial charge in [-0.25, -0.2) is 5.01 Å². The van der Waals surface area contributed by atoms with Crippen LogP contribution >= 0.6 is 0 Å². The minimum atomic E-state index is -0.152. The van der Waals surface area contributed by atoms with Crippen molar-refractivity contribution in [2.75, 3.05) is 7.11 Å². The molecule has 1 aliphatic heterocycles. The normalized spacial score (nSPS) is 16.6. The lowest BCUT2D eigenvalue weighted by atomic mass is 9.97. The van der Waals surface area contributed by atoms with Crippen molar-refractivity contribution in [3.63, 3.8) is 0 Å². The number of carbonyl (C=O) groups is 1. The Morgan fingerprint density at radius 2 is 2.00 bits per heavy atom. The van der Waals surface area contributed by atoms with Gasteiger partial charge in [-0.2, -0.15) is 5.10 Å². The molecule has 5 nitrogen and oxygen atoms in total.